The van der Waals surface area contributed by atoms with Gasteiger partial charge in [-0.2, -0.15) is 5.10 Å². The van der Waals surface area contributed by atoms with Crippen LogP contribution in [0, 0.1) is 0 Å². The molecule has 6 nitrogen and oxygen atoms in total. The zero-order chi connectivity index (χ0) is 14.9. The van der Waals surface area contributed by atoms with Gasteiger partial charge in [0.2, 0.25) is 11.9 Å². The number of nitrogens with one attached hydrogen (secondary N) is 2. The summed E-state index contributed by atoms with van der Waals surface area (Å²) in [6, 6.07) is 6.12. The van der Waals surface area contributed by atoms with Crippen molar-refractivity contribution in [3.05, 3.63) is 23.8 Å². The fourth-order valence-corrected chi connectivity index (χ4v) is 3.11. The molecule has 0 spiro atoms. The van der Waals surface area contributed by atoms with E-state index in [4.69, 9.17) is 4.98 Å². The molecule has 4 rings (SSSR count). The number of anilines is 1. The summed E-state index contributed by atoms with van der Waals surface area (Å²) in [5.74, 6) is 0.949. The number of hydrogen-bond donors (Lipinski definition) is 2. The molecule has 0 atom stereocenters. The second kappa shape index (κ2) is 5.44. The summed E-state index contributed by atoms with van der Waals surface area (Å²) in [7, 11) is 0. The number of hydrazone groups is 1. The van der Waals surface area contributed by atoms with Gasteiger partial charge in [-0.3, -0.25) is 4.79 Å². The Balaban J connectivity index is 1.64. The molecule has 2 aliphatic heterocycles. The first-order valence-corrected chi connectivity index (χ1v) is 7.90. The van der Waals surface area contributed by atoms with Crippen LogP contribution in [-0.2, 0) is 4.79 Å². The number of nitrogens with zero attached hydrogens (tertiary/aromatic N) is 3. The van der Waals surface area contributed by atoms with Crippen LogP contribution in [0.3, 0.4) is 0 Å². The molecule has 1 amide bonds. The number of aromatic nitrogens is 2. The Bertz CT molecular complexity index is 742. The summed E-state index contributed by atoms with van der Waals surface area (Å²) in [6.45, 7) is 2.15. The second-order valence-electron chi connectivity index (χ2n) is 5.93. The number of fused-ring (bicyclic) bond motifs is 1. The minimum Gasteiger partial charge on any atom is -0.342 e. The van der Waals surface area contributed by atoms with Crippen LogP contribution in [0.4, 0.5) is 5.95 Å². The minimum absolute atomic E-state index is 0.0150. The molecule has 0 bridgehead atoms. The first-order chi connectivity index (χ1) is 10.8. The van der Waals surface area contributed by atoms with Crippen LogP contribution in [0.1, 0.15) is 37.7 Å². The highest BCUT2D eigenvalue weighted by Crippen LogP contribution is 2.22. The number of hydrogen-bond acceptors (Lipinski definition) is 4. The van der Waals surface area contributed by atoms with Crippen LogP contribution in [-0.4, -0.2) is 34.7 Å². The molecule has 0 radical (unpaired) electrons. The molecule has 0 unspecified atom stereocenters. The van der Waals surface area contributed by atoms with E-state index >= 15 is 0 Å². The largest absolute Gasteiger partial charge is 0.342 e. The molecule has 1 saturated heterocycles. The van der Waals surface area contributed by atoms with Gasteiger partial charge in [0.1, 0.15) is 0 Å². The van der Waals surface area contributed by atoms with E-state index in [0.29, 0.717) is 12.8 Å². The van der Waals surface area contributed by atoms with Gasteiger partial charge in [-0.05, 0) is 37.0 Å². The van der Waals surface area contributed by atoms with E-state index in [1.807, 2.05) is 12.1 Å². The van der Waals surface area contributed by atoms with Crippen molar-refractivity contribution in [1.29, 1.82) is 0 Å². The lowest BCUT2D eigenvalue weighted by molar-refractivity contribution is -0.121. The molecule has 3 heterocycles. The number of carbonyl (C=O) groups excluding carboxylic acids is 1. The second-order valence-corrected chi connectivity index (χ2v) is 5.93. The molecule has 1 aromatic carbocycles. The first kappa shape index (κ1) is 13.3. The van der Waals surface area contributed by atoms with E-state index in [-0.39, 0.29) is 5.91 Å². The van der Waals surface area contributed by atoms with E-state index in [2.05, 4.69) is 26.5 Å². The lowest BCUT2D eigenvalue weighted by Crippen LogP contribution is -2.30. The van der Waals surface area contributed by atoms with Gasteiger partial charge in [-0.15, -0.1) is 0 Å². The van der Waals surface area contributed by atoms with Crippen molar-refractivity contribution < 1.29 is 4.79 Å². The van der Waals surface area contributed by atoms with E-state index in [0.717, 1.165) is 41.3 Å². The molecule has 22 heavy (non-hydrogen) atoms. The zero-order valence-corrected chi connectivity index (χ0v) is 12.4. The molecule has 2 N–H and O–H groups in total. The normalized spacial score (nSPS) is 19.2. The van der Waals surface area contributed by atoms with Crippen molar-refractivity contribution in [2.75, 3.05) is 18.0 Å². The number of piperidine rings is 1. The van der Waals surface area contributed by atoms with Crippen molar-refractivity contribution in [3.8, 4) is 0 Å². The third kappa shape index (κ3) is 2.45. The fraction of sp³-hybridized carbons (Fsp3) is 0.438. The molecule has 2 aromatic rings. The summed E-state index contributed by atoms with van der Waals surface area (Å²) < 4.78 is 0. The topological polar surface area (TPSA) is 73.4 Å². The SMILES string of the molecule is O=C1CCC(c2ccc3nc(N4CCCCC4)[nH]c3c2)=NN1. The first-order valence-electron chi connectivity index (χ1n) is 7.90. The van der Waals surface area contributed by atoms with Crippen LogP contribution < -0.4 is 10.3 Å². The summed E-state index contributed by atoms with van der Waals surface area (Å²) in [4.78, 5) is 21.6. The van der Waals surface area contributed by atoms with E-state index in [1.54, 1.807) is 0 Å². The molecule has 114 valence electrons. The van der Waals surface area contributed by atoms with Gasteiger partial charge in [0, 0.05) is 25.9 Å². The predicted octanol–water partition coefficient (Wildman–Crippen LogP) is 2.17. The number of benzene rings is 1. The van der Waals surface area contributed by atoms with Gasteiger partial charge in [-0.1, -0.05) is 6.07 Å². The smallest absolute Gasteiger partial charge is 0.240 e. The average Bonchev–Trinajstić information content (AvgIpc) is 2.99. The van der Waals surface area contributed by atoms with Crippen molar-refractivity contribution in [2.24, 2.45) is 5.10 Å². The lowest BCUT2D eigenvalue weighted by atomic mass is 10.0. The fourth-order valence-electron chi connectivity index (χ4n) is 3.11. The van der Waals surface area contributed by atoms with Crippen LogP contribution in [0.5, 0.6) is 0 Å². The zero-order valence-electron chi connectivity index (χ0n) is 12.4. The Hall–Kier alpha value is -2.37. The third-order valence-corrected chi connectivity index (χ3v) is 4.36. The Labute approximate surface area is 128 Å². The highest BCUT2D eigenvalue weighted by Gasteiger charge is 2.17. The monoisotopic (exact) mass is 297 g/mol. The highest BCUT2D eigenvalue weighted by molar-refractivity contribution is 6.05. The summed E-state index contributed by atoms with van der Waals surface area (Å²) in [5.41, 5.74) is 6.52. The Morgan fingerprint density at radius 1 is 1.09 bits per heavy atom. The molecule has 6 heteroatoms. The number of imidazole rings is 1. The number of aromatic amines is 1. The van der Waals surface area contributed by atoms with Gasteiger partial charge in [0.15, 0.2) is 0 Å². The van der Waals surface area contributed by atoms with Crippen LogP contribution in [0.15, 0.2) is 23.3 Å². The maximum Gasteiger partial charge on any atom is 0.240 e. The van der Waals surface area contributed by atoms with Crippen LogP contribution in [0.2, 0.25) is 0 Å². The van der Waals surface area contributed by atoms with Crippen LogP contribution in [0.25, 0.3) is 11.0 Å². The van der Waals surface area contributed by atoms with E-state index in [1.165, 1.54) is 19.3 Å². The van der Waals surface area contributed by atoms with Crippen LogP contribution >= 0.6 is 0 Å². The van der Waals surface area contributed by atoms with Crippen molar-refractivity contribution in [1.82, 2.24) is 15.4 Å². The predicted molar refractivity (Wildman–Crippen MR) is 86.1 cm³/mol. The highest BCUT2D eigenvalue weighted by atomic mass is 16.2. The van der Waals surface area contributed by atoms with Crippen molar-refractivity contribution in [3.63, 3.8) is 0 Å². The molecule has 0 aliphatic carbocycles. The van der Waals surface area contributed by atoms with Gasteiger partial charge in [0.05, 0.1) is 16.7 Å². The third-order valence-electron chi connectivity index (χ3n) is 4.36. The Morgan fingerprint density at radius 2 is 1.95 bits per heavy atom. The maximum atomic E-state index is 11.2. The maximum absolute atomic E-state index is 11.2. The quantitative estimate of drug-likeness (QED) is 0.892. The van der Waals surface area contributed by atoms with E-state index < -0.39 is 0 Å². The Morgan fingerprint density at radius 3 is 2.73 bits per heavy atom. The molecule has 0 saturated carbocycles. The number of amides is 1. The average molecular weight is 297 g/mol. The molecule has 2 aliphatic rings. The van der Waals surface area contributed by atoms with Crippen molar-refractivity contribution in [2.45, 2.75) is 32.1 Å². The van der Waals surface area contributed by atoms with E-state index in [9.17, 15) is 4.79 Å². The van der Waals surface area contributed by atoms with Gasteiger partial charge in [-0.25, -0.2) is 10.4 Å². The summed E-state index contributed by atoms with van der Waals surface area (Å²) in [5, 5.41) is 4.16. The molecular formula is C16H19N5O. The van der Waals surface area contributed by atoms with Gasteiger partial charge < -0.3 is 9.88 Å². The lowest BCUT2D eigenvalue weighted by Gasteiger charge is -2.25. The van der Waals surface area contributed by atoms with Crippen molar-refractivity contribution >= 4 is 28.6 Å². The van der Waals surface area contributed by atoms with Gasteiger partial charge in [0.25, 0.3) is 0 Å². The summed E-state index contributed by atoms with van der Waals surface area (Å²) >= 11 is 0. The molecular weight excluding hydrogens is 278 g/mol. The number of carbonyl (C=O) groups is 1. The summed E-state index contributed by atoms with van der Waals surface area (Å²) in [6.07, 6.45) is 4.97. The van der Waals surface area contributed by atoms with Gasteiger partial charge >= 0.3 is 0 Å². The minimum atomic E-state index is -0.0150. The standard InChI is InChI=1S/C16H19N5O/c22-15-7-6-12(19-20-15)11-4-5-13-14(10-11)18-16(17-13)21-8-2-1-3-9-21/h4-5,10H,1-3,6-9H2,(H,17,18)(H,20,22). The number of rotatable bonds is 2. The molecule has 1 aromatic heterocycles. The Kier molecular flexibility index (Phi) is 3.29. The molecule has 1 fully saturated rings. The number of H-pyrrole nitrogens is 1.